The summed E-state index contributed by atoms with van der Waals surface area (Å²) in [6.45, 7) is 7.83. The number of anilines is 1. The number of barbiturate groups is 1. The van der Waals surface area contributed by atoms with Gasteiger partial charge in [-0.05, 0) is 69.7 Å². The highest BCUT2D eigenvalue weighted by atomic mass is 19.1. The molecule has 2 aromatic carbocycles. The van der Waals surface area contributed by atoms with Crippen LogP contribution in [0.15, 0.2) is 54.1 Å². The summed E-state index contributed by atoms with van der Waals surface area (Å²) in [5, 5.41) is 2.23. The molecule has 1 aliphatic rings. The number of aromatic nitrogens is 1. The van der Waals surface area contributed by atoms with E-state index in [0.29, 0.717) is 41.6 Å². The summed E-state index contributed by atoms with van der Waals surface area (Å²) in [5.41, 5.74) is 2.14. The van der Waals surface area contributed by atoms with Crippen LogP contribution in [0, 0.1) is 19.7 Å². The number of carbonyl (C=O) groups excluding carboxylic acids is 3. The molecule has 0 radical (unpaired) electrons. The maximum atomic E-state index is 14.5. The van der Waals surface area contributed by atoms with Gasteiger partial charge in [0.05, 0.1) is 24.6 Å². The molecule has 1 aliphatic heterocycles. The van der Waals surface area contributed by atoms with Gasteiger partial charge >= 0.3 is 6.03 Å². The van der Waals surface area contributed by atoms with E-state index in [-0.39, 0.29) is 17.0 Å². The van der Waals surface area contributed by atoms with Gasteiger partial charge < -0.3 is 14.0 Å². The molecule has 0 unspecified atom stereocenters. The molecule has 0 aliphatic carbocycles. The van der Waals surface area contributed by atoms with Crippen molar-refractivity contribution < 1.29 is 28.2 Å². The number of carbonyl (C=O) groups is 3. The van der Waals surface area contributed by atoms with Crippen LogP contribution in [0.25, 0.3) is 11.8 Å². The number of benzene rings is 2. The van der Waals surface area contributed by atoms with Gasteiger partial charge in [-0.15, -0.1) is 0 Å². The Bertz CT molecular complexity index is 1390. The molecule has 9 heteroatoms. The lowest BCUT2D eigenvalue weighted by Gasteiger charge is -2.28. The van der Waals surface area contributed by atoms with E-state index in [1.807, 2.05) is 6.92 Å². The monoisotopic (exact) mass is 491 g/mol. The highest BCUT2D eigenvalue weighted by molar-refractivity contribution is 6.39. The van der Waals surface area contributed by atoms with E-state index in [1.165, 1.54) is 18.2 Å². The van der Waals surface area contributed by atoms with E-state index in [4.69, 9.17) is 9.47 Å². The molecule has 1 saturated heterocycles. The Morgan fingerprint density at radius 2 is 1.67 bits per heavy atom. The number of amides is 4. The Morgan fingerprint density at radius 1 is 0.944 bits per heavy atom. The molecule has 186 valence electrons. The predicted octanol–water partition coefficient (Wildman–Crippen LogP) is 4.70. The van der Waals surface area contributed by atoms with Gasteiger partial charge in [0.15, 0.2) is 0 Å². The number of ether oxygens (including phenoxy) is 2. The molecule has 0 atom stereocenters. The smallest absolute Gasteiger partial charge is 0.336 e. The van der Waals surface area contributed by atoms with E-state index >= 15 is 0 Å². The second-order valence-corrected chi connectivity index (χ2v) is 8.07. The number of hydrogen-bond donors (Lipinski definition) is 1. The molecular formula is C27H26FN3O5. The van der Waals surface area contributed by atoms with Gasteiger partial charge in [-0.3, -0.25) is 14.9 Å². The summed E-state index contributed by atoms with van der Waals surface area (Å²) in [6.07, 6.45) is 1.41. The lowest BCUT2D eigenvalue weighted by atomic mass is 10.1. The van der Waals surface area contributed by atoms with Gasteiger partial charge in [-0.25, -0.2) is 14.1 Å². The lowest BCUT2D eigenvalue weighted by molar-refractivity contribution is -0.122. The Kier molecular flexibility index (Phi) is 6.91. The number of halogens is 1. The van der Waals surface area contributed by atoms with E-state index in [0.717, 1.165) is 4.90 Å². The minimum atomic E-state index is -0.895. The fourth-order valence-corrected chi connectivity index (χ4v) is 4.18. The van der Waals surface area contributed by atoms with Crippen LogP contribution in [0.2, 0.25) is 0 Å². The van der Waals surface area contributed by atoms with Gasteiger partial charge in [0, 0.05) is 17.5 Å². The molecule has 8 nitrogen and oxygen atoms in total. The van der Waals surface area contributed by atoms with Crippen molar-refractivity contribution in [2.75, 3.05) is 18.1 Å². The van der Waals surface area contributed by atoms with Crippen molar-refractivity contribution in [3.05, 3.63) is 76.9 Å². The van der Waals surface area contributed by atoms with Crippen LogP contribution in [0.5, 0.6) is 11.5 Å². The molecular weight excluding hydrogens is 465 g/mol. The quantitative estimate of drug-likeness (QED) is 0.382. The van der Waals surface area contributed by atoms with E-state index < -0.39 is 23.7 Å². The van der Waals surface area contributed by atoms with Crippen molar-refractivity contribution in [2.45, 2.75) is 27.7 Å². The second-order valence-electron chi connectivity index (χ2n) is 8.07. The topological polar surface area (TPSA) is 89.9 Å². The number of rotatable bonds is 7. The SMILES string of the molecule is CCOc1ccc(OCC)c(N2C(=O)NC(=O)/C(=C\c3cc(C)n(-c4ccccc4F)c3C)C2=O)c1. The Balaban J connectivity index is 1.79. The van der Waals surface area contributed by atoms with Crippen molar-refractivity contribution in [3.63, 3.8) is 0 Å². The van der Waals surface area contributed by atoms with Gasteiger partial charge in [0.1, 0.15) is 22.9 Å². The van der Waals surface area contributed by atoms with Crippen LogP contribution >= 0.6 is 0 Å². The molecule has 1 N–H and O–H groups in total. The maximum Gasteiger partial charge on any atom is 0.336 e. The summed E-state index contributed by atoms with van der Waals surface area (Å²) < 4.78 is 27.3. The van der Waals surface area contributed by atoms with Crippen molar-refractivity contribution in [1.82, 2.24) is 9.88 Å². The first-order valence-electron chi connectivity index (χ1n) is 11.5. The Hall–Kier alpha value is -4.40. The third-order valence-corrected chi connectivity index (χ3v) is 5.75. The number of imide groups is 2. The standard InChI is InChI=1S/C27H26FN3O5/c1-5-35-19-11-12-24(36-6-2)23(15-19)31-26(33)20(25(32)29-27(31)34)14-18-13-16(3)30(17(18)4)22-10-8-7-9-21(22)28/h7-15H,5-6H2,1-4H3,(H,29,32,34)/b20-14+. The zero-order chi connectivity index (χ0) is 26.0. The Labute approximate surface area is 207 Å². The average Bonchev–Trinajstić information content (AvgIpc) is 3.11. The van der Waals surface area contributed by atoms with E-state index in [1.54, 1.807) is 61.7 Å². The molecule has 0 spiro atoms. The summed E-state index contributed by atoms with van der Waals surface area (Å²) in [6, 6.07) is 12.0. The maximum absolute atomic E-state index is 14.5. The van der Waals surface area contributed by atoms with Crippen molar-refractivity contribution in [3.8, 4) is 17.2 Å². The van der Waals surface area contributed by atoms with Crippen molar-refractivity contribution >= 4 is 29.6 Å². The lowest BCUT2D eigenvalue weighted by Crippen LogP contribution is -2.54. The summed E-state index contributed by atoms with van der Waals surface area (Å²) in [5.74, 6) is -1.31. The molecule has 4 rings (SSSR count). The van der Waals surface area contributed by atoms with Crippen LogP contribution in [0.4, 0.5) is 14.9 Å². The fourth-order valence-electron chi connectivity index (χ4n) is 4.18. The van der Waals surface area contributed by atoms with Crippen LogP contribution < -0.4 is 19.7 Å². The molecule has 0 saturated carbocycles. The van der Waals surface area contributed by atoms with Crippen LogP contribution in [0.1, 0.15) is 30.8 Å². The summed E-state index contributed by atoms with van der Waals surface area (Å²) in [7, 11) is 0. The van der Waals surface area contributed by atoms with Crippen molar-refractivity contribution in [2.24, 2.45) is 0 Å². The molecule has 1 fully saturated rings. The zero-order valence-corrected chi connectivity index (χ0v) is 20.4. The average molecular weight is 492 g/mol. The normalized spacial score (nSPS) is 14.9. The minimum absolute atomic E-state index is 0.153. The molecule has 2 heterocycles. The number of nitrogens with zero attached hydrogens (tertiary/aromatic N) is 2. The molecule has 3 aromatic rings. The number of nitrogens with one attached hydrogen (secondary N) is 1. The highest BCUT2D eigenvalue weighted by Crippen LogP contribution is 2.35. The molecule has 36 heavy (non-hydrogen) atoms. The van der Waals surface area contributed by atoms with E-state index in [9.17, 15) is 18.8 Å². The van der Waals surface area contributed by atoms with Crippen LogP contribution in [-0.2, 0) is 9.59 Å². The fraction of sp³-hybridized carbons (Fsp3) is 0.222. The predicted molar refractivity (Wildman–Crippen MR) is 133 cm³/mol. The first-order valence-corrected chi connectivity index (χ1v) is 11.5. The molecule has 1 aromatic heterocycles. The molecule has 0 bridgehead atoms. The third kappa shape index (κ3) is 4.47. The first kappa shape index (κ1) is 24.7. The van der Waals surface area contributed by atoms with Gasteiger partial charge in [-0.1, -0.05) is 12.1 Å². The third-order valence-electron chi connectivity index (χ3n) is 5.75. The number of para-hydroxylation sites is 1. The minimum Gasteiger partial charge on any atom is -0.494 e. The Morgan fingerprint density at radius 3 is 2.36 bits per heavy atom. The van der Waals surface area contributed by atoms with Gasteiger partial charge in [-0.2, -0.15) is 0 Å². The summed E-state index contributed by atoms with van der Waals surface area (Å²) >= 11 is 0. The molecule has 4 amide bonds. The second kappa shape index (κ2) is 10.1. The zero-order valence-electron chi connectivity index (χ0n) is 20.4. The van der Waals surface area contributed by atoms with Gasteiger partial charge in [0.2, 0.25) is 0 Å². The summed E-state index contributed by atoms with van der Waals surface area (Å²) in [4.78, 5) is 39.9. The number of aryl methyl sites for hydroxylation is 1. The largest absolute Gasteiger partial charge is 0.494 e. The van der Waals surface area contributed by atoms with Crippen molar-refractivity contribution in [1.29, 1.82) is 0 Å². The van der Waals surface area contributed by atoms with Crippen LogP contribution in [0.3, 0.4) is 0 Å². The number of urea groups is 1. The van der Waals surface area contributed by atoms with Gasteiger partial charge in [0.25, 0.3) is 11.8 Å². The highest BCUT2D eigenvalue weighted by Gasteiger charge is 2.38. The number of hydrogen-bond acceptors (Lipinski definition) is 5. The van der Waals surface area contributed by atoms with E-state index in [2.05, 4.69) is 5.32 Å². The first-order chi connectivity index (χ1) is 17.3. The van der Waals surface area contributed by atoms with Crippen LogP contribution in [-0.4, -0.2) is 35.6 Å².